The SMILES string of the molecule is CCC(C)N(C(=O)C(CO)NC(=O)OC(C)(C)C)C(C(=O)NCC(=O)OC)c1ccc(C)cc1C. The van der Waals surface area contributed by atoms with Crippen LogP contribution in [0, 0.1) is 13.8 Å². The molecular weight excluding hydrogens is 454 g/mol. The third-order valence-electron chi connectivity index (χ3n) is 5.37. The minimum absolute atomic E-state index is 0.376. The quantitative estimate of drug-likeness (QED) is 0.425. The average Bonchev–Trinajstić information content (AvgIpc) is 2.77. The Bertz CT molecular complexity index is 911. The Kier molecular flexibility index (Phi) is 11.2. The van der Waals surface area contributed by atoms with Gasteiger partial charge < -0.3 is 30.1 Å². The van der Waals surface area contributed by atoms with Crippen LogP contribution in [0.5, 0.6) is 0 Å². The van der Waals surface area contributed by atoms with E-state index >= 15 is 0 Å². The number of rotatable bonds is 10. The van der Waals surface area contributed by atoms with Gasteiger partial charge >= 0.3 is 12.1 Å². The predicted octanol–water partition coefficient (Wildman–Crippen LogP) is 2.15. The number of benzene rings is 1. The minimum Gasteiger partial charge on any atom is -0.468 e. The molecule has 1 aromatic rings. The summed E-state index contributed by atoms with van der Waals surface area (Å²) in [5.74, 6) is -1.89. The van der Waals surface area contributed by atoms with Crippen LogP contribution in [0.25, 0.3) is 0 Å². The Hall–Kier alpha value is -3.14. The molecule has 1 rings (SSSR count). The standard InChI is InChI=1S/C25H39N3O7/c1-9-17(4)28(23(32)19(14-29)27-24(33)35-25(5,6)7)21(22(31)26-13-20(30)34-8)18-11-10-15(2)12-16(18)3/h10-12,17,19,21,29H,9,13-14H2,1-8H3,(H,26,31)(H,27,33). The second-order valence-corrected chi connectivity index (χ2v) is 9.44. The van der Waals surface area contributed by atoms with E-state index in [2.05, 4.69) is 15.4 Å². The van der Waals surface area contributed by atoms with E-state index in [1.807, 2.05) is 32.9 Å². The maximum Gasteiger partial charge on any atom is 0.408 e. The lowest BCUT2D eigenvalue weighted by Gasteiger charge is -2.38. The van der Waals surface area contributed by atoms with Crippen LogP contribution in [-0.2, 0) is 23.9 Å². The smallest absolute Gasteiger partial charge is 0.408 e. The fourth-order valence-electron chi connectivity index (χ4n) is 3.49. The lowest BCUT2D eigenvalue weighted by atomic mass is 9.95. The molecule has 3 N–H and O–H groups in total. The third kappa shape index (κ3) is 8.86. The van der Waals surface area contributed by atoms with E-state index in [9.17, 15) is 24.3 Å². The molecule has 0 fully saturated rings. The lowest BCUT2D eigenvalue weighted by Crippen LogP contribution is -2.57. The number of esters is 1. The van der Waals surface area contributed by atoms with Crippen molar-refractivity contribution in [3.8, 4) is 0 Å². The largest absolute Gasteiger partial charge is 0.468 e. The number of amides is 3. The van der Waals surface area contributed by atoms with Gasteiger partial charge in [0.25, 0.3) is 0 Å². The first-order chi connectivity index (χ1) is 16.2. The predicted molar refractivity (Wildman–Crippen MR) is 131 cm³/mol. The number of ether oxygens (including phenoxy) is 2. The first kappa shape index (κ1) is 29.9. The van der Waals surface area contributed by atoms with Gasteiger partial charge in [0.1, 0.15) is 24.2 Å². The molecule has 196 valence electrons. The molecule has 0 aliphatic carbocycles. The first-order valence-corrected chi connectivity index (χ1v) is 11.6. The molecular formula is C25H39N3O7. The summed E-state index contributed by atoms with van der Waals surface area (Å²) in [7, 11) is 1.21. The molecule has 0 aliphatic heterocycles. The van der Waals surface area contributed by atoms with Crippen LogP contribution in [0.3, 0.4) is 0 Å². The van der Waals surface area contributed by atoms with Crippen molar-refractivity contribution in [1.29, 1.82) is 0 Å². The molecule has 0 radical (unpaired) electrons. The molecule has 0 aliphatic rings. The zero-order valence-corrected chi connectivity index (χ0v) is 21.9. The summed E-state index contributed by atoms with van der Waals surface area (Å²) in [4.78, 5) is 52.4. The Balaban J connectivity index is 3.49. The Morgan fingerprint density at radius 2 is 1.77 bits per heavy atom. The number of alkyl carbamates (subject to hydrolysis) is 1. The summed E-state index contributed by atoms with van der Waals surface area (Å²) in [6.45, 7) is 11.3. The van der Waals surface area contributed by atoms with Crippen LogP contribution in [-0.4, -0.2) is 71.8 Å². The fraction of sp³-hybridized carbons (Fsp3) is 0.600. The summed E-state index contributed by atoms with van der Waals surface area (Å²) in [5.41, 5.74) is 1.49. The minimum atomic E-state index is -1.35. The maximum absolute atomic E-state index is 13.7. The lowest BCUT2D eigenvalue weighted by molar-refractivity contribution is -0.147. The second kappa shape index (κ2) is 13.1. The number of aryl methyl sites for hydroxylation is 2. The zero-order valence-electron chi connectivity index (χ0n) is 21.9. The van der Waals surface area contributed by atoms with E-state index in [0.29, 0.717) is 12.0 Å². The molecule has 0 bridgehead atoms. The molecule has 3 amide bonds. The topological polar surface area (TPSA) is 134 Å². The maximum atomic E-state index is 13.7. The highest BCUT2D eigenvalue weighted by Gasteiger charge is 2.39. The van der Waals surface area contributed by atoms with Crippen LogP contribution in [0.1, 0.15) is 63.8 Å². The van der Waals surface area contributed by atoms with Gasteiger partial charge in [-0.1, -0.05) is 30.7 Å². The molecule has 3 atom stereocenters. The van der Waals surface area contributed by atoms with Gasteiger partial charge in [-0.25, -0.2) is 4.79 Å². The van der Waals surface area contributed by atoms with Gasteiger partial charge in [0.2, 0.25) is 11.8 Å². The third-order valence-corrected chi connectivity index (χ3v) is 5.37. The summed E-state index contributed by atoms with van der Waals surface area (Å²) in [6, 6.07) is 2.54. The number of carbonyl (C=O) groups is 4. The van der Waals surface area contributed by atoms with Crippen molar-refractivity contribution < 1.29 is 33.8 Å². The highest BCUT2D eigenvalue weighted by atomic mass is 16.6. The number of aliphatic hydroxyl groups is 1. The van der Waals surface area contributed by atoms with Gasteiger partial charge in [-0.05, 0) is 59.1 Å². The Morgan fingerprint density at radius 1 is 1.14 bits per heavy atom. The summed E-state index contributed by atoms with van der Waals surface area (Å²) in [5, 5.41) is 14.9. The van der Waals surface area contributed by atoms with E-state index in [0.717, 1.165) is 11.1 Å². The molecule has 0 saturated carbocycles. The van der Waals surface area contributed by atoms with Gasteiger partial charge in [0, 0.05) is 6.04 Å². The number of hydrogen-bond donors (Lipinski definition) is 3. The molecule has 1 aromatic carbocycles. The number of aliphatic hydroxyl groups excluding tert-OH is 1. The van der Waals surface area contributed by atoms with Gasteiger partial charge in [-0.15, -0.1) is 0 Å². The van der Waals surface area contributed by atoms with Gasteiger partial charge in [-0.2, -0.15) is 0 Å². The molecule has 35 heavy (non-hydrogen) atoms. The fourth-order valence-corrected chi connectivity index (χ4v) is 3.49. The zero-order chi connectivity index (χ0) is 26.9. The van der Waals surface area contributed by atoms with Crippen LogP contribution < -0.4 is 10.6 Å². The van der Waals surface area contributed by atoms with Crippen molar-refractivity contribution in [3.05, 3.63) is 34.9 Å². The molecule has 0 spiro atoms. The van der Waals surface area contributed by atoms with Gasteiger partial charge in [-0.3, -0.25) is 14.4 Å². The van der Waals surface area contributed by atoms with Crippen LogP contribution in [0.15, 0.2) is 18.2 Å². The van der Waals surface area contributed by atoms with Crippen molar-refractivity contribution in [2.45, 2.75) is 78.6 Å². The number of hydrogen-bond acceptors (Lipinski definition) is 7. The molecule has 0 heterocycles. The molecule has 3 unspecified atom stereocenters. The number of carbonyl (C=O) groups excluding carboxylic acids is 4. The monoisotopic (exact) mass is 493 g/mol. The number of nitrogens with one attached hydrogen (secondary N) is 2. The summed E-state index contributed by atoms with van der Waals surface area (Å²) >= 11 is 0. The first-order valence-electron chi connectivity index (χ1n) is 11.6. The summed E-state index contributed by atoms with van der Waals surface area (Å²) < 4.78 is 9.84. The van der Waals surface area contributed by atoms with Crippen molar-refractivity contribution in [3.63, 3.8) is 0 Å². The molecule has 0 aromatic heterocycles. The van der Waals surface area contributed by atoms with E-state index in [1.165, 1.54) is 12.0 Å². The van der Waals surface area contributed by atoms with E-state index in [4.69, 9.17) is 4.74 Å². The number of methoxy groups -OCH3 is 1. The van der Waals surface area contributed by atoms with Gasteiger partial charge in [0.05, 0.1) is 13.7 Å². The van der Waals surface area contributed by atoms with Crippen molar-refractivity contribution in [1.82, 2.24) is 15.5 Å². The van der Waals surface area contributed by atoms with Crippen molar-refractivity contribution >= 4 is 23.9 Å². The highest BCUT2D eigenvalue weighted by molar-refractivity contribution is 5.93. The van der Waals surface area contributed by atoms with E-state index in [-0.39, 0.29) is 6.54 Å². The normalized spacial score (nSPS) is 13.7. The van der Waals surface area contributed by atoms with E-state index < -0.39 is 54.2 Å². The average molecular weight is 494 g/mol. The van der Waals surface area contributed by atoms with Crippen LogP contribution >= 0.6 is 0 Å². The Labute approximate surface area is 207 Å². The summed E-state index contributed by atoms with van der Waals surface area (Å²) in [6.07, 6.45) is -0.380. The molecule has 10 nitrogen and oxygen atoms in total. The second-order valence-electron chi connectivity index (χ2n) is 9.44. The van der Waals surface area contributed by atoms with E-state index in [1.54, 1.807) is 33.8 Å². The number of nitrogens with zero attached hydrogens (tertiary/aromatic N) is 1. The highest BCUT2D eigenvalue weighted by Crippen LogP contribution is 2.29. The van der Waals surface area contributed by atoms with Crippen LogP contribution in [0.4, 0.5) is 4.79 Å². The van der Waals surface area contributed by atoms with Crippen molar-refractivity contribution in [2.24, 2.45) is 0 Å². The van der Waals surface area contributed by atoms with Crippen LogP contribution in [0.2, 0.25) is 0 Å². The van der Waals surface area contributed by atoms with Gasteiger partial charge in [0.15, 0.2) is 0 Å². The van der Waals surface area contributed by atoms with Crippen molar-refractivity contribution in [2.75, 3.05) is 20.3 Å². The molecule has 0 saturated heterocycles. The Morgan fingerprint density at radius 3 is 2.26 bits per heavy atom. The molecule has 10 heteroatoms.